The molecule has 1 aromatic carbocycles. The Balaban J connectivity index is 1.31. The molecule has 2 aliphatic rings. The van der Waals surface area contributed by atoms with Gasteiger partial charge in [0.2, 0.25) is 5.91 Å². The SMILES string of the molecule is O=C(c1ccc(Cl)s1)N1CC(=O)N(CC2CCN(c3ccncc3)CC2)c2ccccc2C1. The van der Waals surface area contributed by atoms with Crippen molar-refractivity contribution in [1.82, 2.24) is 9.88 Å². The highest BCUT2D eigenvalue weighted by Gasteiger charge is 2.32. The Bertz CT molecular complexity index is 1140. The van der Waals surface area contributed by atoms with Gasteiger partial charge >= 0.3 is 0 Å². The Morgan fingerprint density at radius 1 is 1.03 bits per heavy atom. The average Bonchev–Trinajstić information content (AvgIpc) is 3.23. The second-order valence-electron chi connectivity index (χ2n) is 8.53. The lowest BCUT2D eigenvalue weighted by atomic mass is 9.95. The molecule has 2 aromatic heterocycles. The third-order valence-corrected chi connectivity index (χ3v) is 7.64. The predicted molar refractivity (Wildman–Crippen MR) is 132 cm³/mol. The number of hydrogen-bond donors (Lipinski definition) is 0. The number of carbonyl (C=O) groups excluding carboxylic acids is 2. The van der Waals surface area contributed by atoms with Crippen molar-refractivity contribution in [2.24, 2.45) is 5.92 Å². The minimum Gasteiger partial charge on any atom is -0.371 e. The van der Waals surface area contributed by atoms with Crippen molar-refractivity contribution in [3.8, 4) is 0 Å². The molecule has 0 saturated carbocycles. The molecule has 0 bridgehead atoms. The van der Waals surface area contributed by atoms with Crippen molar-refractivity contribution in [3.05, 3.63) is 75.7 Å². The van der Waals surface area contributed by atoms with Gasteiger partial charge in [0, 0.05) is 49.9 Å². The number of pyridine rings is 1. The summed E-state index contributed by atoms with van der Waals surface area (Å²) in [7, 11) is 0. The Hall–Kier alpha value is -2.90. The van der Waals surface area contributed by atoms with Crippen molar-refractivity contribution in [1.29, 1.82) is 0 Å². The van der Waals surface area contributed by atoms with Crippen molar-refractivity contribution >= 4 is 46.1 Å². The van der Waals surface area contributed by atoms with Crippen molar-refractivity contribution in [2.75, 3.05) is 36.0 Å². The molecule has 0 unspecified atom stereocenters. The van der Waals surface area contributed by atoms with Gasteiger partial charge in [-0.25, -0.2) is 0 Å². The molecule has 3 aromatic rings. The monoisotopic (exact) mass is 480 g/mol. The van der Waals surface area contributed by atoms with E-state index >= 15 is 0 Å². The summed E-state index contributed by atoms with van der Waals surface area (Å²) in [4.78, 5) is 37.0. The topological polar surface area (TPSA) is 56.8 Å². The summed E-state index contributed by atoms with van der Waals surface area (Å²) < 4.78 is 0.569. The average molecular weight is 481 g/mol. The summed E-state index contributed by atoms with van der Waals surface area (Å²) in [5, 5.41) is 0. The number of aromatic nitrogens is 1. The number of amides is 2. The van der Waals surface area contributed by atoms with E-state index in [4.69, 9.17) is 11.6 Å². The first-order valence-electron chi connectivity index (χ1n) is 11.2. The number of rotatable bonds is 4. The van der Waals surface area contributed by atoms with Crippen LogP contribution >= 0.6 is 22.9 Å². The van der Waals surface area contributed by atoms with Gasteiger partial charge in [-0.3, -0.25) is 14.6 Å². The van der Waals surface area contributed by atoms with Crippen LogP contribution in [-0.4, -0.2) is 47.9 Å². The molecule has 1 saturated heterocycles. The standard InChI is InChI=1S/C25H25ClN4O2S/c26-23-6-5-22(33-23)25(32)29-16-19-3-1-2-4-21(19)30(24(31)17-29)15-18-9-13-28(14-10-18)20-7-11-27-12-8-20/h1-8,11-12,18H,9-10,13-17H2. The van der Waals surface area contributed by atoms with Gasteiger partial charge in [0.05, 0.1) is 9.21 Å². The fourth-order valence-corrected chi connectivity index (χ4v) is 5.68. The van der Waals surface area contributed by atoms with Gasteiger partial charge < -0.3 is 14.7 Å². The number of carbonyl (C=O) groups is 2. The number of anilines is 2. The zero-order valence-corrected chi connectivity index (χ0v) is 19.8. The number of halogens is 1. The zero-order chi connectivity index (χ0) is 22.8. The third-order valence-electron chi connectivity index (χ3n) is 6.43. The number of benzene rings is 1. The lowest BCUT2D eigenvalue weighted by molar-refractivity contribution is -0.119. The quantitative estimate of drug-likeness (QED) is 0.543. The predicted octanol–water partition coefficient (Wildman–Crippen LogP) is 4.70. The van der Waals surface area contributed by atoms with Gasteiger partial charge in [-0.15, -0.1) is 11.3 Å². The fourth-order valence-electron chi connectivity index (χ4n) is 4.67. The summed E-state index contributed by atoms with van der Waals surface area (Å²) in [5.41, 5.74) is 3.11. The number of fused-ring (bicyclic) bond motifs is 1. The van der Waals surface area contributed by atoms with Gasteiger partial charge in [-0.2, -0.15) is 0 Å². The molecule has 2 aliphatic heterocycles. The van der Waals surface area contributed by atoms with Crippen LogP contribution in [0.25, 0.3) is 0 Å². The van der Waals surface area contributed by atoms with E-state index in [0.717, 1.165) is 37.2 Å². The number of nitrogens with zero attached hydrogens (tertiary/aromatic N) is 4. The minimum absolute atomic E-state index is 0.0347. The normalized spacial score (nSPS) is 17.1. The van der Waals surface area contributed by atoms with E-state index < -0.39 is 0 Å². The molecule has 5 rings (SSSR count). The third kappa shape index (κ3) is 4.75. The van der Waals surface area contributed by atoms with Crippen molar-refractivity contribution in [3.63, 3.8) is 0 Å². The minimum atomic E-state index is -0.150. The van der Waals surface area contributed by atoms with E-state index in [1.807, 2.05) is 53.7 Å². The van der Waals surface area contributed by atoms with Crippen LogP contribution in [-0.2, 0) is 11.3 Å². The van der Waals surface area contributed by atoms with Crippen LogP contribution in [0.15, 0.2) is 60.9 Å². The summed E-state index contributed by atoms with van der Waals surface area (Å²) in [5.74, 6) is 0.230. The van der Waals surface area contributed by atoms with E-state index in [1.54, 1.807) is 17.0 Å². The molecule has 0 atom stereocenters. The maximum Gasteiger partial charge on any atom is 0.264 e. The van der Waals surface area contributed by atoms with Gasteiger partial charge in [0.25, 0.3) is 5.91 Å². The lowest BCUT2D eigenvalue weighted by Gasteiger charge is -2.36. The Kier molecular flexibility index (Phi) is 6.33. The second-order valence-corrected chi connectivity index (χ2v) is 10.2. The fraction of sp³-hybridized carbons (Fsp3) is 0.320. The van der Waals surface area contributed by atoms with Crippen molar-refractivity contribution in [2.45, 2.75) is 19.4 Å². The van der Waals surface area contributed by atoms with Crippen molar-refractivity contribution < 1.29 is 9.59 Å². The number of hydrogen-bond acceptors (Lipinski definition) is 5. The van der Waals surface area contributed by atoms with Crippen LogP contribution in [0.5, 0.6) is 0 Å². The van der Waals surface area contributed by atoms with Crippen LogP contribution in [0.3, 0.4) is 0 Å². The molecule has 0 spiro atoms. The maximum absolute atomic E-state index is 13.4. The molecular weight excluding hydrogens is 456 g/mol. The number of piperidine rings is 1. The highest BCUT2D eigenvalue weighted by molar-refractivity contribution is 7.17. The Morgan fingerprint density at radius 3 is 2.52 bits per heavy atom. The molecule has 170 valence electrons. The molecule has 0 aliphatic carbocycles. The molecule has 33 heavy (non-hydrogen) atoms. The molecular formula is C25H25ClN4O2S. The van der Waals surface area contributed by atoms with E-state index in [9.17, 15) is 9.59 Å². The summed E-state index contributed by atoms with van der Waals surface area (Å²) in [6, 6.07) is 15.5. The molecule has 0 radical (unpaired) electrons. The first kappa shape index (κ1) is 21.9. The van der Waals surface area contributed by atoms with Gasteiger partial charge in [-0.05, 0) is 54.7 Å². The number of thiophene rings is 1. The summed E-state index contributed by atoms with van der Waals surface area (Å²) >= 11 is 7.28. The molecule has 1 fully saturated rings. The summed E-state index contributed by atoms with van der Waals surface area (Å²) in [6.07, 6.45) is 5.69. The molecule has 8 heteroatoms. The van der Waals surface area contributed by atoms with Crippen LogP contribution in [0, 0.1) is 5.92 Å². The lowest BCUT2D eigenvalue weighted by Crippen LogP contribution is -2.44. The summed E-state index contributed by atoms with van der Waals surface area (Å²) in [6.45, 7) is 3.07. The van der Waals surface area contributed by atoms with E-state index in [2.05, 4.69) is 9.88 Å². The molecule has 6 nitrogen and oxygen atoms in total. The molecule has 4 heterocycles. The molecule has 2 amide bonds. The highest BCUT2D eigenvalue weighted by atomic mass is 35.5. The Morgan fingerprint density at radius 2 is 1.79 bits per heavy atom. The zero-order valence-electron chi connectivity index (χ0n) is 18.2. The Labute approximate surface area is 202 Å². The first-order valence-corrected chi connectivity index (χ1v) is 12.4. The number of para-hydroxylation sites is 1. The highest BCUT2D eigenvalue weighted by Crippen LogP contribution is 2.31. The van der Waals surface area contributed by atoms with E-state index in [1.165, 1.54) is 17.0 Å². The van der Waals surface area contributed by atoms with Crippen LogP contribution < -0.4 is 9.80 Å². The van der Waals surface area contributed by atoms with Gasteiger partial charge in [-0.1, -0.05) is 29.8 Å². The van der Waals surface area contributed by atoms with Crippen LogP contribution in [0.1, 0.15) is 28.1 Å². The van der Waals surface area contributed by atoms with E-state index in [0.29, 0.717) is 28.2 Å². The maximum atomic E-state index is 13.4. The largest absolute Gasteiger partial charge is 0.371 e. The van der Waals surface area contributed by atoms with E-state index in [-0.39, 0.29) is 18.4 Å². The smallest absolute Gasteiger partial charge is 0.264 e. The van der Waals surface area contributed by atoms with Gasteiger partial charge in [0.15, 0.2) is 0 Å². The van der Waals surface area contributed by atoms with Crippen LogP contribution in [0.4, 0.5) is 11.4 Å². The first-order chi connectivity index (χ1) is 16.1. The second kappa shape index (κ2) is 9.53. The molecule has 0 N–H and O–H groups in total. The van der Waals surface area contributed by atoms with Gasteiger partial charge in [0.1, 0.15) is 6.54 Å². The van der Waals surface area contributed by atoms with Crippen LogP contribution in [0.2, 0.25) is 4.34 Å².